The van der Waals surface area contributed by atoms with Gasteiger partial charge in [0.05, 0.1) is 13.2 Å². The van der Waals surface area contributed by atoms with Gasteiger partial charge >= 0.3 is 0 Å². The van der Waals surface area contributed by atoms with E-state index in [0.717, 1.165) is 29.8 Å². The maximum atomic E-state index is 11.9. The van der Waals surface area contributed by atoms with Crippen molar-refractivity contribution >= 4 is 29.4 Å². The monoisotopic (exact) mass is 339 g/mol. The third kappa shape index (κ3) is 4.67. The lowest BCUT2D eigenvalue weighted by atomic mass is 10.2. The van der Waals surface area contributed by atoms with Crippen molar-refractivity contribution in [3.05, 3.63) is 29.7 Å². The maximum absolute atomic E-state index is 11.9. The molecule has 2 aromatic rings. The van der Waals surface area contributed by atoms with Gasteiger partial charge in [-0.2, -0.15) is 0 Å². The highest BCUT2D eigenvalue weighted by Gasteiger charge is 2.16. The van der Waals surface area contributed by atoms with Crippen LogP contribution in [0.15, 0.2) is 22.6 Å². The molecule has 1 aliphatic heterocycles. The highest BCUT2D eigenvalue weighted by Crippen LogP contribution is 2.18. The van der Waals surface area contributed by atoms with Gasteiger partial charge in [0.25, 0.3) is 0 Å². The minimum absolute atomic E-state index is 0. The third-order valence-corrected chi connectivity index (χ3v) is 3.76. The smallest absolute Gasteiger partial charge is 0.221 e. The highest BCUT2D eigenvalue weighted by molar-refractivity contribution is 5.85. The number of aryl methyl sites for hydroxylation is 1. The molecule has 0 bridgehead atoms. The summed E-state index contributed by atoms with van der Waals surface area (Å²) >= 11 is 0. The molecular formula is C16H22ClN3O3. The molecule has 1 amide bonds. The first-order chi connectivity index (χ1) is 10.7. The molecule has 0 saturated carbocycles. The fourth-order valence-corrected chi connectivity index (χ4v) is 2.59. The van der Waals surface area contributed by atoms with Crippen molar-refractivity contribution in [3.8, 4) is 0 Å². The summed E-state index contributed by atoms with van der Waals surface area (Å²) < 4.78 is 11.0. The number of benzene rings is 1. The summed E-state index contributed by atoms with van der Waals surface area (Å²) in [6, 6.07) is 5.98. The molecule has 0 spiro atoms. The highest BCUT2D eigenvalue weighted by atomic mass is 35.5. The summed E-state index contributed by atoms with van der Waals surface area (Å²) in [5.74, 6) is 0.680. The van der Waals surface area contributed by atoms with Gasteiger partial charge in [-0.15, -0.1) is 12.4 Å². The van der Waals surface area contributed by atoms with E-state index in [0.29, 0.717) is 31.9 Å². The van der Waals surface area contributed by atoms with Crippen LogP contribution in [0, 0.1) is 6.92 Å². The molecule has 1 aromatic heterocycles. The molecule has 2 heterocycles. The van der Waals surface area contributed by atoms with Crippen LogP contribution in [0.2, 0.25) is 0 Å². The average Bonchev–Trinajstić information content (AvgIpc) is 2.93. The Morgan fingerprint density at radius 2 is 2.35 bits per heavy atom. The molecule has 126 valence electrons. The summed E-state index contributed by atoms with van der Waals surface area (Å²) in [6.07, 6.45) is 1.03. The molecule has 1 saturated heterocycles. The zero-order valence-corrected chi connectivity index (χ0v) is 13.9. The van der Waals surface area contributed by atoms with E-state index < -0.39 is 0 Å². The van der Waals surface area contributed by atoms with Crippen LogP contribution in [0.4, 0.5) is 0 Å². The van der Waals surface area contributed by atoms with Gasteiger partial charge in [0.2, 0.25) is 5.91 Å². The van der Waals surface area contributed by atoms with Crippen LogP contribution in [0.1, 0.15) is 17.9 Å². The van der Waals surface area contributed by atoms with Gasteiger partial charge in [0.1, 0.15) is 5.52 Å². The van der Waals surface area contributed by atoms with Crippen molar-refractivity contribution in [2.24, 2.45) is 0 Å². The molecule has 1 fully saturated rings. The molecule has 0 radical (unpaired) electrons. The van der Waals surface area contributed by atoms with Crippen molar-refractivity contribution in [2.75, 3.05) is 26.3 Å². The first kappa shape index (κ1) is 17.7. The maximum Gasteiger partial charge on any atom is 0.221 e. The van der Waals surface area contributed by atoms with Gasteiger partial charge in [-0.05, 0) is 18.6 Å². The Morgan fingerprint density at radius 1 is 1.48 bits per heavy atom. The number of halogens is 1. The number of nitrogens with zero attached hydrogens (tertiary/aromatic N) is 1. The molecule has 3 rings (SSSR count). The van der Waals surface area contributed by atoms with Crippen molar-refractivity contribution in [1.29, 1.82) is 0 Å². The first-order valence-electron chi connectivity index (χ1n) is 7.65. The van der Waals surface area contributed by atoms with Crippen LogP contribution < -0.4 is 10.6 Å². The van der Waals surface area contributed by atoms with E-state index in [9.17, 15) is 4.79 Å². The zero-order valence-electron chi connectivity index (χ0n) is 13.1. The first-order valence-corrected chi connectivity index (χ1v) is 7.65. The number of carbonyl (C=O) groups is 1. The van der Waals surface area contributed by atoms with Crippen LogP contribution in [0.5, 0.6) is 0 Å². The third-order valence-electron chi connectivity index (χ3n) is 3.76. The predicted octanol–water partition coefficient (Wildman–Crippen LogP) is 1.60. The molecule has 1 atom stereocenters. The normalized spacial score (nSPS) is 17.7. The number of carbonyl (C=O) groups excluding carboxylic acids is 1. The Kier molecular flexibility index (Phi) is 6.38. The van der Waals surface area contributed by atoms with Crippen molar-refractivity contribution in [3.63, 3.8) is 0 Å². The fraction of sp³-hybridized carbons (Fsp3) is 0.500. The Balaban J connectivity index is 0.00000192. The van der Waals surface area contributed by atoms with Gasteiger partial charge in [-0.3, -0.25) is 4.79 Å². The number of para-hydroxylation sites is 1. The van der Waals surface area contributed by atoms with E-state index in [-0.39, 0.29) is 24.4 Å². The topological polar surface area (TPSA) is 76.4 Å². The number of hydrogen-bond acceptors (Lipinski definition) is 5. The fourth-order valence-electron chi connectivity index (χ4n) is 2.59. The van der Waals surface area contributed by atoms with Crippen LogP contribution in [-0.2, 0) is 16.0 Å². The lowest BCUT2D eigenvalue weighted by Crippen LogP contribution is -2.44. The van der Waals surface area contributed by atoms with E-state index in [4.69, 9.17) is 9.15 Å². The lowest BCUT2D eigenvalue weighted by molar-refractivity contribution is -0.122. The molecule has 1 unspecified atom stereocenters. The van der Waals surface area contributed by atoms with Crippen LogP contribution >= 0.6 is 12.4 Å². The van der Waals surface area contributed by atoms with E-state index in [1.807, 2.05) is 25.1 Å². The van der Waals surface area contributed by atoms with Crippen LogP contribution in [0.25, 0.3) is 11.1 Å². The van der Waals surface area contributed by atoms with E-state index >= 15 is 0 Å². The zero-order chi connectivity index (χ0) is 15.4. The minimum atomic E-state index is 0. The molecule has 2 N–H and O–H groups in total. The standard InChI is InChI=1S/C16H21N3O3.ClH/c1-11-3-2-4-13-16(11)19-15(22-13)5-6-18-14(20)9-12-10-21-8-7-17-12;/h2-4,12,17H,5-10H2,1H3,(H,18,20);1H. The number of fused-ring (bicyclic) bond motifs is 1. The van der Waals surface area contributed by atoms with Gasteiger partial charge in [0, 0.05) is 32.0 Å². The molecular weight excluding hydrogens is 318 g/mol. The Morgan fingerprint density at radius 3 is 3.09 bits per heavy atom. The quantitative estimate of drug-likeness (QED) is 0.865. The van der Waals surface area contributed by atoms with E-state index in [1.165, 1.54) is 0 Å². The number of nitrogens with one attached hydrogen (secondary N) is 2. The molecule has 6 nitrogen and oxygen atoms in total. The second-order valence-electron chi connectivity index (χ2n) is 5.56. The number of ether oxygens (including phenoxy) is 1. The second kappa shape index (κ2) is 8.29. The Bertz CT molecular complexity index is 653. The van der Waals surface area contributed by atoms with Crippen LogP contribution in [0.3, 0.4) is 0 Å². The molecule has 23 heavy (non-hydrogen) atoms. The van der Waals surface area contributed by atoms with Crippen LogP contribution in [-0.4, -0.2) is 43.2 Å². The lowest BCUT2D eigenvalue weighted by Gasteiger charge is -2.23. The summed E-state index contributed by atoms with van der Waals surface area (Å²) in [7, 11) is 0. The van der Waals surface area contributed by atoms with Gasteiger partial charge < -0.3 is 19.8 Å². The predicted molar refractivity (Wildman–Crippen MR) is 89.9 cm³/mol. The number of amides is 1. The largest absolute Gasteiger partial charge is 0.441 e. The second-order valence-corrected chi connectivity index (χ2v) is 5.56. The summed E-state index contributed by atoms with van der Waals surface area (Å²) in [5.41, 5.74) is 2.79. The van der Waals surface area contributed by atoms with E-state index in [2.05, 4.69) is 15.6 Å². The molecule has 1 aromatic carbocycles. The summed E-state index contributed by atoms with van der Waals surface area (Å²) in [5, 5.41) is 6.17. The van der Waals surface area contributed by atoms with Gasteiger partial charge in [0.15, 0.2) is 11.5 Å². The number of rotatable bonds is 5. The minimum Gasteiger partial charge on any atom is -0.441 e. The van der Waals surface area contributed by atoms with Crippen molar-refractivity contribution < 1.29 is 13.9 Å². The SMILES string of the molecule is Cc1cccc2oc(CCNC(=O)CC3COCCN3)nc12.Cl. The van der Waals surface area contributed by atoms with Gasteiger partial charge in [-0.25, -0.2) is 4.98 Å². The molecule has 1 aliphatic rings. The number of aromatic nitrogens is 1. The molecule has 0 aliphatic carbocycles. The van der Waals surface area contributed by atoms with E-state index in [1.54, 1.807) is 0 Å². The van der Waals surface area contributed by atoms with Crippen molar-refractivity contribution in [1.82, 2.24) is 15.6 Å². The number of hydrogen-bond donors (Lipinski definition) is 2. The average molecular weight is 340 g/mol. The number of oxazole rings is 1. The summed E-state index contributed by atoms with van der Waals surface area (Å²) in [4.78, 5) is 16.3. The Labute approximate surface area is 141 Å². The summed E-state index contributed by atoms with van der Waals surface area (Å²) in [6.45, 7) is 4.65. The molecule has 7 heteroatoms. The number of morpholine rings is 1. The van der Waals surface area contributed by atoms with Crippen molar-refractivity contribution in [2.45, 2.75) is 25.8 Å². The van der Waals surface area contributed by atoms with Gasteiger partial charge in [-0.1, -0.05) is 12.1 Å². The Hall–Kier alpha value is -1.63.